The van der Waals surface area contributed by atoms with E-state index in [1.165, 1.54) is 5.56 Å². The van der Waals surface area contributed by atoms with Crippen molar-refractivity contribution in [1.29, 1.82) is 0 Å². The lowest BCUT2D eigenvalue weighted by atomic mass is 10.1. The Morgan fingerprint density at radius 1 is 1.15 bits per heavy atom. The molecule has 0 aliphatic carbocycles. The van der Waals surface area contributed by atoms with Crippen LogP contribution in [-0.4, -0.2) is 83.7 Å². The summed E-state index contributed by atoms with van der Waals surface area (Å²) >= 11 is 0. The fourth-order valence-electron chi connectivity index (χ4n) is 4.46. The number of carboxylic acid groups (broad SMARTS) is 1. The second-order valence-electron chi connectivity index (χ2n) is 9.66. The number of ether oxygens (including phenoxy) is 1. The smallest absolute Gasteiger partial charge is 0.418 e. The summed E-state index contributed by atoms with van der Waals surface area (Å²) in [4.78, 5) is 34.3. The predicted molar refractivity (Wildman–Crippen MR) is 140 cm³/mol. The van der Waals surface area contributed by atoms with Crippen LogP contribution in [0.4, 0.5) is 27.8 Å². The molecular formula is C27H34F5N5O4. The number of pyridine rings is 2. The van der Waals surface area contributed by atoms with Gasteiger partial charge in [-0.1, -0.05) is 6.07 Å². The number of aryl methyl sites for hydroxylation is 2. The monoisotopic (exact) mass is 587 g/mol. The number of hydrogen-bond acceptors (Lipinski definition) is 7. The number of carboxylic acids is 1. The average molecular weight is 588 g/mol. The lowest BCUT2D eigenvalue weighted by Crippen LogP contribution is -2.44. The van der Waals surface area contributed by atoms with Crippen LogP contribution in [0, 0.1) is 0 Å². The number of halogens is 5. The highest BCUT2D eigenvalue weighted by Crippen LogP contribution is 2.31. The first-order valence-corrected chi connectivity index (χ1v) is 13.4. The van der Waals surface area contributed by atoms with Crippen molar-refractivity contribution in [2.75, 3.05) is 44.7 Å². The van der Waals surface area contributed by atoms with E-state index in [-0.39, 0.29) is 26.1 Å². The molecule has 3 rings (SSSR count). The van der Waals surface area contributed by atoms with E-state index in [4.69, 9.17) is 4.74 Å². The zero-order valence-corrected chi connectivity index (χ0v) is 22.4. The summed E-state index contributed by atoms with van der Waals surface area (Å²) in [5, 5.41) is 15.0. The third-order valence-electron chi connectivity index (χ3n) is 6.57. The maximum atomic E-state index is 13.3. The maximum absolute atomic E-state index is 13.3. The van der Waals surface area contributed by atoms with Crippen LogP contribution < -0.4 is 10.6 Å². The van der Waals surface area contributed by atoms with E-state index in [0.29, 0.717) is 25.5 Å². The fourth-order valence-corrected chi connectivity index (χ4v) is 4.46. The molecule has 0 fully saturated rings. The van der Waals surface area contributed by atoms with Gasteiger partial charge in [0.25, 0.3) is 12.3 Å². The molecule has 0 bridgehead atoms. The summed E-state index contributed by atoms with van der Waals surface area (Å²) in [5.41, 5.74) is -0.0720. The Morgan fingerprint density at radius 2 is 1.95 bits per heavy atom. The van der Waals surface area contributed by atoms with Crippen molar-refractivity contribution in [3.05, 3.63) is 53.0 Å². The molecule has 0 unspecified atom stereocenters. The molecule has 226 valence electrons. The summed E-state index contributed by atoms with van der Waals surface area (Å²) in [6, 6.07) is 4.28. The normalized spacial score (nSPS) is 14.0. The van der Waals surface area contributed by atoms with Crippen molar-refractivity contribution in [1.82, 2.24) is 20.2 Å². The zero-order valence-electron chi connectivity index (χ0n) is 22.4. The first-order chi connectivity index (χ1) is 19.5. The third-order valence-corrected chi connectivity index (χ3v) is 6.57. The van der Waals surface area contributed by atoms with Gasteiger partial charge in [0, 0.05) is 31.5 Å². The highest BCUT2D eigenvalue weighted by Gasteiger charge is 2.36. The molecule has 0 saturated heterocycles. The minimum absolute atomic E-state index is 0.0185. The zero-order chi connectivity index (χ0) is 29.8. The Hall–Kier alpha value is -3.39. The highest BCUT2D eigenvalue weighted by atomic mass is 19.4. The van der Waals surface area contributed by atoms with Gasteiger partial charge in [0.15, 0.2) is 0 Å². The van der Waals surface area contributed by atoms with Gasteiger partial charge in [-0.25, -0.2) is 18.6 Å². The van der Waals surface area contributed by atoms with Crippen molar-refractivity contribution in [2.45, 2.75) is 57.2 Å². The molecule has 0 aromatic carbocycles. The van der Waals surface area contributed by atoms with Gasteiger partial charge in [0.1, 0.15) is 24.2 Å². The van der Waals surface area contributed by atoms with Crippen LogP contribution in [0.25, 0.3) is 0 Å². The van der Waals surface area contributed by atoms with Crippen LogP contribution >= 0.6 is 0 Å². The summed E-state index contributed by atoms with van der Waals surface area (Å²) in [6.07, 6.45) is -2.38. The van der Waals surface area contributed by atoms with E-state index in [9.17, 15) is 36.6 Å². The molecule has 14 heteroatoms. The number of anilines is 1. The van der Waals surface area contributed by atoms with Crippen molar-refractivity contribution < 1.29 is 41.4 Å². The van der Waals surface area contributed by atoms with Gasteiger partial charge < -0.3 is 25.4 Å². The van der Waals surface area contributed by atoms with Crippen molar-refractivity contribution >= 4 is 17.7 Å². The van der Waals surface area contributed by atoms with Crippen LogP contribution in [0.2, 0.25) is 0 Å². The molecule has 3 heterocycles. The number of carbonyl (C=O) groups excluding carboxylic acids is 1. The second-order valence-corrected chi connectivity index (χ2v) is 9.66. The van der Waals surface area contributed by atoms with Gasteiger partial charge in [-0.3, -0.25) is 9.78 Å². The number of carbonyl (C=O) groups is 2. The van der Waals surface area contributed by atoms with Gasteiger partial charge >= 0.3 is 12.1 Å². The van der Waals surface area contributed by atoms with E-state index in [2.05, 4.69) is 26.7 Å². The Labute approximate surface area is 234 Å². The fraction of sp³-hybridized carbons (Fsp3) is 0.556. The largest absolute Gasteiger partial charge is 0.480 e. The molecule has 0 spiro atoms. The number of fused-ring (bicyclic) bond motifs is 1. The van der Waals surface area contributed by atoms with E-state index in [1.807, 2.05) is 11.0 Å². The summed E-state index contributed by atoms with van der Waals surface area (Å²) < 4.78 is 69.7. The van der Waals surface area contributed by atoms with E-state index in [1.54, 1.807) is 0 Å². The van der Waals surface area contributed by atoms with Crippen LogP contribution in [0.3, 0.4) is 0 Å². The number of alkyl halides is 5. The number of aliphatic carboxylic acids is 1. The molecule has 2 aromatic rings. The lowest BCUT2D eigenvalue weighted by Gasteiger charge is -2.24. The molecule has 2 aromatic heterocycles. The Balaban J connectivity index is 1.56. The van der Waals surface area contributed by atoms with Crippen LogP contribution in [-0.2, 0) is 28.5 Å². The highest BCUT2D eigenvalue weighted by molar-refractivity contribution is 5.96. The number of rotatable bonds is 16. The molecular weight excluding hydrogens is 553 g/mol. The van der Waals surface area contributed by atoms with Gasteiger partial charge in [0.05, 0.1) is 12.2 Å². The molecule has 1 aliphatic rings. The molecule has 1 amide bonds. The molecule has 3 N–H and O–H groups in total. The molecule has 0 radical (unpaired) electrons. The van der Waals surface area contributed by atoms with Gasteiger partial charge in [-0.05, 0) is 68.8 Å². The van der Waals surface area contributed by atoms with Gasteiger partial charge in [0.2, 0.25) is 0 Å². The Morgan fingerprint density at radius 3 is 2.68 bits per heavy atom. The standard InChI is InChI=1S/C27H34F5N5O4/c28-22(29)17-41-16-15-37(13-2-1-6-19-9-8-18-5-3-12-34-24(18)35-19)14-10-21(26(39)40)36-25(38)23-20(27(30,31)32)7-4-11-33-23/h4,7-9,11,21-22H,1-3,5-6,10,12-17H2,(H,34,35)(H,36,38)(H,39,40)/t21-/m0/s1. The summed E-state index contributed by atoms with van der Waals surface area (Å²) in [7, 11) is 0. The van der Waals surface area contributed by atoms with Gasteiger partial charge in [-0.2, -0.15) is 13.2 Å². The van der Waals surface area contributed by atoms with E-state index < -0.39 is 48.4 Å². The number of nitrogens with one attached hydrogen (secondary N) is 2. The van der Waals surface area contributed by atoms with Crippen LogP contribution in [0.1, 0.15) is 53.0 Å². The summed E-state index contributed by atoms with van der Waals surface area (Å²) in [6.45, 7) is 0.979. The van der Waals surface area contributed by atoms with Crippen LogP contribution in [0.15, 0.2) is 30.5 Å². The first kappa shape index (κ1) is 32.1. The number of hydrogen-bond donors (Lipinski definition) is 3. The Bertz CT molecular complexity index is 1150. The number of amides is 1. The number of aromatic nitrogens is 2. The minimum atomic E-state index is -4.85. The van der Waals surface area contributed by atoms with E-state index >= 15 is 0 Å². The molecule has 41 heavy (non-hydrogen) atoms. The van der Waals surface area contributed by atoms with Crippen LogP contribution in [0.5, 0.6) is 0 Å². The lowest BCUT2D eigenvalue weighted by molar-refractivity contribution is -0.139. The predicted octanol–water partition coefficient (Wildman–Crippen LogP) is 4.03. The number of unbranched alkanes of at least 4 members (excludes halogenated alkanes) is 1. The van der Waals surface area contributed by atoms with Gasteiger partial charge in [-0.15, -0.1) is 0 Å². The Kier molecular flexibility index (Phi) is 12.2. The molecule has 9 nitrogen and oxygen atoms in total. The average Bonchev–Trinajstić information content (AvgIpc) is 2.94. The summed E-state index contributed by atoms with van der Waals surface area (Å²) in [5.74, 6) is -1.78. The number of nitrogens with zero attached hydrogens (tertiary/aromatic N) is 3. The van der Waals surface area contributed by atoms with Crippen molar-refractivity contribution in [3.63, 3.8) is 0 Å². The SMILES string of the molecule is O=C(N[C@@H](CCN(CCCCc1ccc2c(n1)NCCC2)CCOCC(F)F)C(=O)O)c1ncccc1C(F)(F)F. The maximum Gasteiger partial charge on any atom is 0.418 e. The minimum Gasteiger partial charge on any atom is -0.480 e. The topological polar surface area (TPSA) is 117 Å². The van der Waals surface area contributed by atoms with Crippen molar-refractivity contribution in [3.8, 4) is 0 Å². The third kappa shape index (κ3) is 10.5. The molecule has 1 atom stereocenters. The quantitative estimate of drug-likeness (QED) is 0.199. The van der Waals surface area contributed by atoms with E-state index in [0.717, 1.165) is 49.6 Å². The molecule has 0 saturated carbocycles. The van der Waals surface area contributed by atoms with Crippen molar-refractivity contribution in [2.24, 2.45) is 0 Å². The first-order valence-electron chi connectivity index (χ1n) is 13.4. The second kappa shape index (κ2) is 15.6. The molecule has 1 aliphatic heterocycles.